The van der Waals surface area contributed by atoms with Gasteiger partial charge in [-0.15, -0.1) is 0 Å². The third kappa shape index (κ3) is 4.70. The summed E-state index contributed by atoms with van der Waals surface area (Å²) < 4.78 is 23.6. The van der Waals surface area contributed by atoms with Crippen molar-refractivity contribution in [2.24, 2.45) is 0 Å². The molecule has 0 atom stereocenters. The number of benzene rings is 2. The molecule has 0 aliphatic rings. The van der Waals surface area contributed by atoms with Crippen LogP contribution in [-0.4, -0.2) is 25.4 Å². The van der Waals surface area contributed by atoms with Crippen molar-refractivity contribution in [3.8, 4) is 11.5 Å². The quantitative estimate of drug-likeness (QED) is 0.772. The summed E-state index contributed by atoms with van der Waals surface area (Å²) in [7, 11) is 0. The molecule has 5 nitrogen and oxygen atoms in total. The number of halogens is 2. The van der Waals surface area contributed by atoms with E-state index in [1.54, 1.807) is 6.92 Å². The van der Waals surface area contributed by atoms with Crippen LogP contribution >= 0.6 is 11.6 Å². The highest BCUT2D eigenvalue weighted by molar-refractivity contribution is 6.32. The van der Waals surface area contributed by atoms with Gasteiger partial charge >= 0.3 is 0 Å². The van der Waals surface area contributed by atoms with E-state index in [1.165, 1.54) is 36.4 Å². The van der Waals surface area contributed by atoms with Gasteiger partial charge in [0.25, 0.3) is 5.91 Å². The lowest BCUT2D eigenvalue weighted by Gasteiger charge is -2.14. The summed E-state index contributed by atoms with van der Waals surface area (Å²) in [5, 5.41) is 2.73. The Morgan fingerprint density at radius 1 is 1.25 bits per heavy atom. The van der Waals surface area contributed by atoms with Crippen LogP contribution in [0.5, 0.6) is 11.5 Å². The highest BCUT2D eigenvalue weighted by Gasteiger charge is 2.14. The van der Waals surface area contributed by atoms with E-state index in [-0.39, 0.29) is 23.1 Å². The minimum Gasteiger partial charge on any atom is -0.490 e. The average molecular weight is 352 g/mol. The zero-order valence-electron chi connectivity index (χ0n) is 12.8. The Bertz CT molecular complexity index is 734. The van der Waals surface area contributed by atoms with Crippen LogP contribution in [0.1, 0.15) is 17.3 Å². The zero-order chi connectivity index (χ0) is 17.5. The largest absolute Gasteiger partial charge is 0.490 e. The van der Waals surface area contributed by atoms with Gasteiger partial charge in [-0.25, -0.2) is 4.39 Å². The van der Waals surface area contributed by atoms with Crippen LogP contribution < -0.4 is 14.8 Å². The lowest BCUT2D eigenvalue weighted by molar-refractivity contribution is -0.118. The number of nitrogens with one attached hydrogen (secondary N) is 1. The van der Waals surface area contributed by atoms with Gasteiger partial charge in [-0.2, -0.15) is 0 Å². The molecule has 2 aromatic rings. The number of aldehydes is 1. The van der Waals surface area contributed by atoms with E-state index in [4.69, 9.17) is 21.1 Å². The van der Waals surface area contributed by atoms with Crippen LogP contribution in [-0.2, 0) is 4.79 Å². The van der Waals surface area contributed by atoms with Crippen molar-refractivity contribution in [1.29, 1.82) is 0 Å². The normalized spacial score (nSPS) is 10.1. The Balaban J connectivity index is 2.06. The minimum atomic E-state index is -0.445. The average Bonchev–Trinajstić information content (AvgIpc) is 2.56. The monoisotopic (exact) mass is 351 g/mol. The Hall–Kier alpha value is -2.60. The highest BCUT2D eigenvalue weighted by Crippen LogP contribution is 2.36. The molecule has 7 heteroatoms. The molecule has 0 fully saturated rings. The lowest BCUT2D eigenvalue weighted by Crippen LogP contribution is -2.20. The Labute approximate surface area is 143 Å². The summed E-state index contributed by atoms with van der Waals surface area (Å²) in [5.74, 6) is -0.382. The summed E-state index contributed by atoms with van der Waals surface area (Å²) in [5.41, 5.74) is 0.781. The van der Waals surface area contributed by atoms with Gasteiger partial charge in [-0.05, 0) is 43.3 Å². The molecule has 0 saturated heterocycles. The molecule has 0 heterocycles. The Kier molecular flexibility index (Phi) is 6.14. The van der Waals surface area contributed by atoms with Crippen LogP contribution in [0.25, 0.3) is 0 Å². The van der Waals surface area contributed by atoms with E-state index in [9.17, 15) is 14.0 Å². The van der Waals surface area contributed by atoms with Gasteiger partial charge in [0, 0.05) is 11.3 Å². The second kappa shape index (κ2) is 8.31. The second-order valence-electron chi connectivity index (χ2n) is 4.72. The first-order valence-corrected chi connectivity index (χ1v) is 7.51. The summed E-state index contributed by atoms with van der Waals surface area (Å²) in [4.78, 5) is 22.8. The molecule has 0 spiro atoms. The molecule has 0 aliphatic carbocycles. The number of ether oxygens (including phenoxy) is 2. The second-order valence-corrected chi connectivity index (χ2v) is 5.13. The van der Waals surface area contributed by atoms with Crippen LogP contribution in [0, 0.1) is 5.82 Å². The maximum absolute atomic E-state index is 12.8. The van der Waals surface area contributed by atoms with Gasteiger partial charge in [-0.3, -0.25) is 9.59 Å². The van der Waals surface area contributed by atoms with E-state index in [0.29, 0.717) is 24.1 Å². The third-order valence-electron chi connectivity index (χ3n) is 2.94. The predicted octanol–water partition coefficient (Wildman–Crippen LogP) is 3.71. The standard InChI is InChI=1S/C17H15ClFNO4/c1-2-23-15-8-11(9-21)7-14(18)17(15)24-10-16(22)20-13-5-3-12(19)4-6-13/h3-9H,2,10H2,1H3,(H,20,22). The molecule has 24 heavy (non-hydrogen) atoms. The number of hydrogen-bond acceptors (Lipinski definition) is 4. The van der Waals surface area contributed by atoms with Crippen molar-refractivity contribution >= 4 is 29.5 Å². The van der Waals surface area contributed by atoms with E-state index in [1.807, 2.05) is 0 Å². The number of hydrogen-bond donors (Lipinski definition) is 1. The maximum Gasteiger partial charge on any atom is 0.262 e. The lowest BCUT2D eigenvalue weighted by atomic mass is 10.2. The van der Waals surface area contributed by atoms with Crippen molar-refractivity contribution in [3.05, 3.63) is 52.8 Å². The van der Waals surface area contributed by atoms with Crippen LogP contribution in [0.15, 0.2) is 36.4 Å². The first kappa shape index (κ1) is 17.7. The first-order chi connectivity index (χ1) is 11.5. The molecule has 0 bridgehead atoms. The summed E-state index contributed by atoms with van der Waals surface area (Å²) in [6.45, 7) is 1.79. The summed E-state index contributed by atoms with van der Waals surface area (Å²) in [6.07, 6.45) is 0.638. The third-order valence-corrected chi connectivity index (χ3v) is 3.22. The molecule has 0 saturated carbocycles. The first-order valence-electron chi connectivity index (χ1n) is 7.13. The molecule has 0 radical (unpaired) electrons. The summed E-state index contributed by atoms with van der Waals surface area (Å²) in [6, 6.07) is 8.24. The number of rotatable bonds is 7. The van der Waals surface area contributed by atoms with E-state index in [2.05, 4.69) is 5.32 Å². The fourth-order valence-electron chi connectivity index (χ4n) is 1.93. The minimum absolute atomic E-state index is 0.164. The molecule has 0 aliphatic heterocycles. The molecular weight excluding hydrogens is 337 g/mol. The molecule has 126 valence electrons. The van der Waals surface area contributed by atoms with E-state index in [0.717, 1.165) is 0 Å². The van der Waals surface area contributed by atoms with Gasteiger partial charge in [0.05, 0.1) is 11.6 Å². The van der Waals surface area contributed by atoms with Crippen LogP contribution in [0.4, 0.5) is 10.1 Å². The zero-order valence-corrected chi connectivity index (χ0v) is 13.6. The molecule has 0 aromatic heterocycles. The Morgan fingerprint density at radius 2 is 1.96 bits per heavy atom. The van der Waals surface area contributed by atoms with E-state index < -0.39 is 11.7 Å². The molecular formula is C17H15ClFNO4. The van der Waals surface area contributed by atoms with Crippen molar-refractivity contribution in [2.45, 2.75) is 6.92 Å². The van der Waals surface area contributed by atoms with Crippen molar-refractivity contribution in [2.75, 3.05) is 18.5 Å². The number of carbonyl (C=O) groups is 2. The van der Waals surface area contributed by atoms with Gasteiger partial charge in [-0.1, -0.05) is 11.6 Å². The number of anilines is 1. The SMILES string of the molecule is CCOc1cc(C=O)cc(Cl)c1OCC(=O)Nc1ccc(F)cc1. The van der Waals surface area contributed by atoms with Crippen LogP contribution in [0.3, 0.4) is 0 Å². The fraction of sp³-hybridized carbons (Fsp3) is 0.176. The highest BCUT2D eigenvalue weighted by atomic mass is 35.5. The fourth-order valence-corrected chi connectivity index (χ4v) is 2.20. The number of amides is 1. The molecule has 1 N–H and O–H groups in total. The molecule has 2 aromatic carbocycles. The van der Waals surface area contributed by atoms with Gasteiger partial charge < -0.3 is 14.8 Å². The molecule has 0 unspecified atom stereocenters. The number of carbonyl (C=O) groups excluding carboxylic acids is 2. The molecule has 2 rings (SSSR count). The van der Waals surface area contributed by atoms with Gasteiger partial charge in [0.15, 0.2) is 18.1 Å². The van der Waals surface area contributed by atoms with Crippen molar-refractivity contribution in [1.82, 2.24) is 0 Å². The van der Waals surface area contributed by atoms with E-state index >= 15 is 0 Å². The predicted molar refractivity (Wildman–Crippen MR) is 88.5 cm³/mol. The van der Waals surface area contributed by atoms with Crippen molar-refractivity contribution < 1.29 is 23.5 Å². The van der Waals surface area contributed by atoms with Crippen molar-refractivity contribution in [3.63, 3.8) is 0 Å². The molecule has 1 amide bonds. The summed E-state index contributed by atoms with van der Waals surface area (Å²) >= 11 is 6.07. The Morgan fingerprint density at radius 3 is 2.58 bits per heavy atom. The topological polar surface area (TPSA) is 64.6 Å². The van der Waals surface area contributed by atoms with Crippen LogP contribution in [0.2, 0.25) is 5.02 Å². The van der Waals surface area contributed by atoms with Gasteiger partial charge in [0.2, 0.25) is 0 Å². The maximum atomic E-state index is 12.8. The smallest absolute Gasteiger partial charge is 0.262 e. The van der Waals surface area contributed by atoms with Gasteiger partial charge in [0.1, 0.15) is 12.1 Å².